The lowest BCUT2D eigenvalue weighted by molar-refractivity contribution is -0.137. The smallest absolute Gasteiger partial charge is 0.305 e. The number of aromatic hydroxyl groups is 1. The van der Waals surface area contributed by atoms with Crippen molar-refractivity contribution in [1.29, 1.82) is 0 Å². The monoisotopic (exact) mass is 399 g/mol. The maximum absolute atomic E-state index is 12.2. The van der Waals surface area contributed by atoms with Crippen LogP contribution in [0.3, 0.4) is 0 Å². The van der Waals surface area contributed by atoms with E-state index in [2.05, 4.69) is 15.5 Å². The van der Waals surface area contributed by atoms with Gasteiger partial charge in [-0.2, -0.15) is 0 Å². The number of carbonyl (C=O) groups excluding carboxylic acids is 1. The predicted molar refractivity (Wildman–Crippen MR) is 104 cm³/mol. The Morgan fingerprint density at radius 1 is 1.11 bits per heavy atom. The fraction of sp³-hybridized carbons (Fsp3) is 0.150. The first-order valence-electron chi connectivity index (χ1n) is 8.52. The second kappa shape index (κ2) is 8.58. The molecule has 0 radical (unpaired) electrons. The maximum Gasteiger partial charge on any atom is 0.305 e. The van der Waals surface area contributed by atoms with E-state index >= 15 is 0 Å². The van der Waals surface area contributed by atoms with Crippen molar-refractivity contribution in [2.75, 3.05) is 0 Å². The molecule has 1 atom stereocenters. The first kappa shape index (κ1) is 19.4. The fourth-order valence-corrected chi connectivity index (χ4v) is 3.05. The lowest BCUT2D eigenvalue weighted by Crippen LogP contribution is -2.38. The average Bonchev–Trinajstić information content (AvgIpc) is 3.08. The highest BCUT2D eigenvalue weighted by molar-refractivity contribution is 6.30. The fourth-order valence-electron chi connectivity index (χ4n) is 2.86. The van der Waals surface area contributed by atoms with Gasteiger partial charge in [0.15, 0.2) is 0 Å². The summed E-state index contributed by atoms with van der Waals surface area (Å²) in [4.78, 5) is 23.4. The third-order valence-electron chi connectivity index (χ3n) is 4.16. The highest BCUT2D eigenvalue weighted by atomic mass is 35.5. The van der Waals surface area contributed by atoms with E-state index in [4.69, 9.17) is 16.7 Å². The first-order valence-corrected chi connectivity index (χ1v) is 8.90. The number of amides is 1. The number of carbonyl (C=O) groups is 2. The van der Waals surface area contributed by atoms with Gasteiger partial charge in [0.25, 0.3) is 5.91 Å². The maximum atomic E-state index is 12.2. The largest absolute Gasteiger partial charge is 0.492 e. The van der Waals surface area contributed by atoms with Crippen LogP contribution in [0.5, 0.6) is 5.88 Å². The molecule has 0 bridgehead atoms. The van der Waals surface area contributed by atoms with Crippen LogP contribution in [0.15, 0.2) is 54.6 Å². The SMILES string of the molecule is O=C(O)C[C@@H](Cc1ccc(-c2cccc(Cl)c2)cc1)NC(=O)c1cc(O)n[nH]1. The third-order valence-corrected chi connectivity index (χ3v) is 4.39. The van der Waals surface area contributed by atoms with Crippen LogP contribution >= 0.6 is 11.6 Å². The molecule has 0 unspecified atom stereocenters. The van der Waals surface area contributed by atoms with E-state index in [1.807, 2.05) is 42.5 Å². The van der Waals surface area contributed by atoms with E-state index in [0.29, 0.717) is 11.4 Å². The number of aromatic amines is 1. The number of halogens is 1. The van der Waals surface area contributed by atoms with E-state index in [-0.39, 0.29) is 18.0 Å². The minimum Gasteiger partial charge on any atom is -0.492 e. The third kappa shape index (κ3) is 5.11. The molecule has 8 heteroatoms. The van der Waals surface area contributed by atoms with E-state index in [1.54, 1.807) is 6.07 Å². The summed E-state index contributed by atoms with van der Waals surface area (Å²) in [5, 5.41) is 27.5. The van der Waals surface area contributed by atoms with Crippen molar-refractivity contribution in [2.45, 2.75) is 18.9 Å². The minimum atomic E-state index is -1.02. The number of carboxylic acid groups (broad SMARTS) is 1. The molecule has 0 fully saturated rings. The number of aromatic nitrogens is 2. The second-order valence-corrected chi connectivity index (χ2v) is 6.76. The molecule has 0 aliphatic heterocycles. The molecular weight excluding hydrogens is 382 g/mol. The number of nitrogens with zero attached hydrogens (tertiary/aromatic N) is 1. The van der Waals surface area contributed by atoms with Gasteiger partial charge in [-0.15, -0.1) is 5.10 Å². The Morgan fingerprint density at radius 2 is 1.86 bits per heavy atom. The lowest BCUT2D eigenvalue weighted by atomic mass is 9.99. The number of hydrogen-bond donors (Lipinski definition) is 4. The summed E-state index contributed by atoms with van der Waals surface area (Å²) in [6.07, 6.45) is 0.107. The number of rotatable bonds is 7. The van der Waals surface area contributed by atoms with Crippen LogP contribution in [0.2, 0.25) is 5.02 Å². The van der Waals surface area contributed by atoms with Gasteiger partial charge < -0.3 is 15.5 Å². The van der Waals surface area contributed by atoms with Crippen molar-refractivity contribution in [1.82, 2.24) is 15.5 Å². The Kier molecular flexibility index (Phi) is 5.96. The summed E-state index contributed by atoms with van der Waals surface area (Å²) in [6.45, 7) is 0. The standard InChI is InChI=1S/C20H18ClN3O4/c21-15-3-1-2-14(9-15)13-6-4-12(5-7-13)8-16(10-19(26)27)22-20(28)17-11-18(25)24-23-17/h1-7,9,11,16H,8,10H2,(H,22,28)(H,26,27)(H2,23,24,25)/t16-/m1/s1. The van der Waals surface area contributed by atoms with E-state index < -0.39 is 17.9 Å². The van der Waals surface area contributed by atoms with E-state index in [1.165, 1.54) is 6.07 Å². The average molecular weight is 400 g/mol. The van der Waals surface area contributed by atoms with Gasteiger partial charge in [0.1, 0.15) is 5.69 Å². The Morgan fingerprint density at radius 3 is 2.46 bits per heavy atom. The van der Waals surface area contributed by atoms with Crippen LogP contribution in [0.25, 0.3) is 11.1 Å². The number of carboxylic acids is 1. The van der Waals surface area contributed by atoms with Gasteiger partial charge in [0.05, 0.1) is 6.42 Å². The lowest BCUT2D eigenvalue weighted by Gasteiger charge is -2.17. The molecule has 3 rings (SSSR count). The quantitative estimate of drug-likeness (QED) is 0.486. The van der Waals surface area contributed by atoms with Crippen LogP contribution in [0.1, 0.15) is 22.5 Å². The molecule has 1 heterocycles. The molecule has 1 aromatic heterocycles. The Balaban J connectivity index is 1.71. The van der Waals surface area contributed by atoms with Crippen molar-refractivity contribution in [3.8, 4) is 17.0 Å². The molecule has 144 valence electrons. The molecule has 7 nitrogen and oxygen atoms in total. The molecule has 0 saturated heterocycles. The zero-order valence-electron chi connectivity index (χ0n) is 14.7. The van der Waals surface area contributed by atoms with Crippen molar-refractivity contribution < 1.29 is 19.8 Å². The number of benzene rings is 2. The predicted octanol–water partition coefficient (Wildman–Crippen LogP) is 3.25. The van der Waals surface area contributed by atoms with Crippen molar-refractivity contribution >= 4 is 23.5 Å². The Hall–Kier alpha value is -3.32. The summed E-state index contributed by atoms with van der Waals surface area (Å²) >= 11 is 6.03. The van der Waals surface area contributed by atoms with Crippen LogP contribution in [-0.4, -0.2) is 38.3 Å². The topological polar surface area (TPSA) is 115 Å². The van der Waals surface area contributed by atoms with Crippen molar-refractivity contribution in [2.24, 2.45) is 0 Å². The summed E-state index contributed by atoms with van der Waals surface area (Å²) in [5.74, 6) is -1.86. The summed E-state index contributed by atoms with van der Waals surface area (Å²) < 4.78 is 0. The molecule has 3 aromatic rings. The van der Waals surface area contributed by atoms with Crippen LogP contribution in [-0.2, 0) is 11.2 Å². The van der Waals surface area contributed by atoms with Gasteiger partial charge in [-0.25, -0.2) is 0 Å². The van der Waals surface area contributed by atoms with Gasteiger partial charge in [0, 0.05) is 17.1 Å². The van der Waals surface area contributed by atoms with Gasteiger partial charge in [-0.3, -0.25) is 14.7 Å². The molecule has 0 aliphatic rings. The molecular formula is C20H18ClN3O4. The molecule has 0 spiro atoms. The summed E-state index contributed by atoms with van der Waals surface area (Å²) in [7, 11) is 0. The molecule has 0 aliphatic carbocycles. The van der Waals surface area contributed by atoms with E-state index in [9.17, 15) is 14.7 Å². The normalized spacial score (nSPS) is 11.8. The van der Waals surface area contributed by atoms with Crippen LogP contribution < -0.4 is 5.32 Å². The van der Waals surface area contributed by atoms with Gasteiger partial charge >= 0.3 is 5.97 Å². The highest BCUT2D eigenvalue weighted by Gasteiger charge is 2.19. The number of aliphatic carboxylic acids is 1. The molecule has 28 heavy (non-hydrogen) atoms. The molecule has 1 amide bonds. The molecule has 0 saturated carbocycles. The highest BCUT2D eigenvalue weighted by Crippen LogP contribution is 2.23. The van der Waals surface area contributed by atoms with Gasteiger partial charge in [-0.1, -0.05) is 48.0 Å². The number of hydrogen-bond acceptors (Lipinski definition) is 4. The van der Waals surface area contributed by atoms with Crippen LogP contribution in [0.4, 0.5) is 0 Å². The van der Waals surface area contributed by atoms with Crippen LogP contribution in [0, 0.1) is 0 Å². The van der Waals surface area contributed by atoms with E-state index in [0.717, 1.165) is 16.7 Å². The van der Waals surface area contributed by atoms with Crippen molar-refractivity contribution in [3.63, 3.8) is 0 Å². The Bertz CT molecular complexity index is 985. The summed E-state index contributed by atoms with van der Waals surface area (Å²) in [5.41, 5.74) is 2.90. The zero-order chi connectivity index (χ0) is 20.1. The van der Waals surface area contributed by atoms with Crippen molar-refractivity contribution in [3.05, 3.63) is 70.9 Å². The number of nitrogens with one attached hydrogen (secondary N) is 2. The first-order chi connectivity index (χ1) is 13.4. The second-order valence-electron chi connectivity index (χ2n) is 6.32. The number of H-pyrrole nitrogens is 1. The van der Waals surface area contributed by atoms with Gasteiger partial charge in [0.2, 0.25) is 5.88 Å². The minimum absolute atomic E-state index is 0.0594. The molecule has 4 N–H and O–H groups in total. The summed E-state index contributed by atoms with van der Waals surface area (Å²) in [6, 6.07) is 15.7. The molecule has 2 aromatic carbocycles. The zero-order valence-corrected chi connectivity index (χ0v) is 15.5. The van der Waals surface area contributed by atoms with Gasteiger partial charge in [-0.05, 0) is 35.2 Å². The Labute approximate surface area is 166 Å².